The average molecular weight is 299 g/mol. The summed E-state index contributed by atoms with van der Waals surface area (Å²) in [5.41, 5.74) is -0.688. The van der Waals surface area contributed by atoms with Crippen LogP contribution in [0.5, 0.6) is 11.5 Å². The van der Waals surface area contributed by atoms with Crippen molar-refractivity contribution in [2.45, 2.75) is 6.18 Å². The maximum Gasteiger partial charge on any atom is 0.419 e. The first-order valence-electron chi connectivity index (χ1n) is 5.95. The molecule has 0 fully saturated rings. The SMILES string of the molecule is COc1ccc(C2=NCC(=O)C(C(F)(F)F)=C2)cc1OC. The number of halogens is 3. The van der Waals surface area contributed by atoms with E-state index in [0.717, 1.165) is 6.08 Å². The highest BCUT2D eigenvalue weighted by Gasteiger charge is 2.39. The molecule has 0 aromatic heterocycles. The number of rotatable bonds is 3. The Morgan fingerprint density at radius 3 is 2.38 bits per heavy atom. The van der Waals surface area contributed by atoms with Gasteiger partial charge in [-0.3, -0.25) is 9.79 Å². The van der Waals surface area contributed by atoms with Gasteiger partial charge in [-0.05, 0) is 24.3 Å². The molecule has 21 heavy (non-hydrogen) atoms. The maximum atomic E-state index is 12.8. The number of nitrogens with zero attached hydrogens (tertiary/aromatic N) is 1. The summed E-state index contributed by atoms with van der Waals surface area (Å²) in [5, 5.41) is 0. The van der Waals surface area contributed by atoms with Gasteiger partial charge in [-0.1, -0.05) is 0 Å². The van der Waals surface area contributed by atoms with Crippen LogP contribution in [-0.4, -0.2) is 38.4 Å². The van der Waals surface area contributed by atoms with E-state index in [1.54, 1.807) is 12.1 Å². The Kier molecular flexibility index (Phi) is 4.02. The van der Waals surface area contributed by atoms with Crippen molar-refractivity contribution >= 4 is 11.5 Å². The first-order chi connectivity index (χ1) is 9.86. The number of ketones is 1. The summed E-state index contributed by atoms with van der Waals surface area (Å²) >= 11 is 0. The zero-order valence-corrected chi connectivity index (χ0v) is 11.3. The molecule has 1 aromatic rings. The molecular weight excluding hydrogens is 287 g/mol. The number of ether oxygens (including phenoxy) is 2. The Labute approximate surface area is 118 Å². The van der Waals surface area contributed by atoms with Crippen molar-refractivity contribution in [1.82, 2.24) is 0 Å². The molecule has 0 saturated carbocycles. The lowest BCUT2D eigenvalue weighted by Crippen LogP contribution is -2.26. The molecule has 0 aliphatic carbocycles. The van der Waals surface area contributed by atoms with Gasteiger partial charge in [0.1, 0.15) is 12.1 Å². The van der Waals surface area contributed by atoms with Crippen LogP contribution in [0.4, 0.5) is 13.2 Å². The molecule has 0 bridgehead atoms. The van der Waals surface area contributed by atoms with Crippen LogP contribution in [0.25, 0.3) is 0 Å². The van der Waals surface area contributed by atoms with Crippen molar-refractivity contribution in [2.75, 3.05) is 20.8 Å². The van der Waals surface area contributed by atoms with E-state index in [1.807, 2.05) is 0 Å². The summed E-state index contributed by atoms with van der Waals surface area (Å²) in [6.07, 6.45) is -3.93. The first-order valence-corrected chi connectivity index (χ1v) is 5.95. The minimum absolute atomic E-state index is 0.0860. The van der Waals surface area contributed by atoms with E-state index in [-0.39, 0.29) is 5.71 Å². The number of carbonyl (C=O) groups is 1. The van der Waals surface area contributed by atoms with Crippen LogP contribution in [0.15, 0.2) is 34.8 Å². The molecule has 1 heterocycles. The number of alkyl halides is 3. The Bertz CT molecular complexity index is 633. The summed E-state index contributed by atoms with van der Waals surface area (Å²) in [5.74, 6) is -0.211. The topological polar surface area (TPSA) is 47.9 Å². The predicted octanol–water partition coefficient (Wildman–Crippen LogP) is 2.56. The Hall–Kier alpha value is -2.31. The van der Waals surface area contributed by atoms with Crippen LogP contribution in [0.1, 0.15) is 5.56 Å². The van der Waals surface area contributed by atoms with Crippen molar-refractivity contribution in [3.05, 3.63) is 35.4 Å². The fourth-order valence-electron chi connectivity index (χ4n) is 1.92. The Morgan fingerprint density at radius 1 is 1.14 bits per heavy atom. The standard InChI is InChI=1S/C14H12F3NO3/c1-20-12-4-3-8(5-13(12)21-2)10-6-9(14(15,16)17)11(19)7-18-10/h3-6H,7H2,1-2H3. The summed E-state index contributed by atoms with van der Waals surface area (Å²) < 4.78 is 48.4. The van der Waals surface area contributed by atoms with Gasteiger partial charge in [0.25, 0.3) is 0 Å². The quantitative estimate of drug-likeness (QED) is 0.862. The highest BCUT2D eigenvalue weighted by Crippen LogP contribution is 2.31. The van der Waals surface area contributed by atoms with E-state index in [4.69, 9.17) is 9.47 Å². The fourth-order valence-corrected chi connectivity index (χ4v) is 1.92. The third kappa shape index (κ3) is 3.07. The van der Waals surface area contributed by atoms with Crippen LogP contribution in [0, 0.1) is 0 Å². The van der Waals surface area contributed by atoms with Crippen LogP contribution in [-0.2, 0) is 4.79 Å². The number of Topliss-reactive ketones (excluding diaryl/α,β-unsaturated/α-hetero) is 1. The van der Waals surface area contributed by atoms with Gasteiger partial charge in [0, 0.05) is 5.56 Å². The van der Waals surface area contributed by atoms with Crippen molar-refractivity contribution in [3.63, 3.8) is 0 Å². The Balaban J connectivity index is 2.43. The van der Waals surface area contributed by atoms with Gasteiger partial charge in [0.05, 0.1) is 19.9 Å². The second kappa shape index (κ2) is 5.59. The lowest BCUT2D eigenvalue weighted by atomic mass is 10.0. The maximum absolute atomic E-state index is 12.8. The molecule has 7 heteroatoms. The predicted molar refractivity (Wildman–Crippen MR) is 70.1 cm³/mol. The summed E-state index contributed by atoms with van der Waals surface area (Å²) in [7, 11) is 2.88. The molecule has 4 nitrogen and oxygen atoms in total. The molecule has 0 radical (unpaired) electrons. The monoisotopic (exact) mass is 299 g/mol. The second-order valence-corrected chi connectivity index (χ2v) is 4.25. The molecule has 1 aromatic carbocycles. The van der Waals surface area contributed by atoms with E-state index in [1.165, 1.54) is 20.3 Å². The molecule has 112 valence electrons. The highest BCUT2D eigenvalue weighted by molar-refractivity contribution is 6.17. The molecular formula is C14H12F3NO3. The van der Waals surface area contributed by atoms with Gasteiger partial charge in [-0.15, -0.1) is 0 Å². The average Bonchev–Trinajstić information content (AvgIpc) is 2.45. The van der Waals surface area contributed by atoms with E-state index in [2.05, 4.69) is 4.99 Å². The molecule has 0 unspecified atom stereocenters. The number of aliphatic imine (C=N–C) groups is 1. The third-order valence-electron chi connectivity index (χ3n) is 2.96. The van der Waals surface area contributed by atoms with Crippen LogP contribution >= 0.6 is 0 Å². The van der Waals surface area contributed by atoms with Gasteiger partial charge in [0.15, 0.2) is 17.3 Å². The minimum Gasteiger partial charge on any atom is -0.493 e. The molecule has 0 saturated heterocycles. The fraction of sp³-hybridized carbons (Fsp3) is 0.286. The number of allylic oxidation sites excluding steroid dienone is 1. The lowest BCUT2D eigenvalue weighted by Gasteiger charge is -2.16. The minimum atomic E-state index is -4.69. The highest BCUT2D eigenvalue weighted by atomic mass is 19.4. The number of carbonyl (C=O) groups excluding carboxylic acids is 1. The second-order valence-electron chi connectivity index (χ2n) is 4.25. The van der Waals surface area contributed by atoms with Crippen molar-refractivity contribution < 1.29 is 27.4 Å². The normalized spacial score (nSPS) is 15.4. The van der Waals surface area contributed by atoms with Gasteiger partial charge in [-0.2, -0.15) is 13.2 Å². The molecule has 2 rings (SSSR count). The number of hydrogen-bond acceptors (Lipinski definition) is 4. The third-order valence-corrected chi connectivity index (χ3v) is 2.96. The molecule has 0 amide bonds. The van der Waals surface area contributed by atoms with Crippen molar-refractivity contribution in [2.24, 2.45) is 4.99 Å². The first kappa shape index (κ1) is 15.1. The zero-order valence-electron chi connectivity index (χ0n) is 11.3. The molecule has 0 atom stereocenters. The van der Waals surface area contributed by atoms with Gasteiger partial charge < -0.3 is 9.47 Å². The summed E-state index contributed by atoms with van der Waals surface area (Å²) in [6, 6.07) is 4.63. The van der Waals surface area contributed by atoms with E-state index in [0.29, 0.717) is 17.1 Å². The van der Waals surface area contributed by atoms with Gasteiger partial charge in [-0.25, -0.2) is 0 Å². The molecule has 0 N–H and O–H groups in total. The molecule has 0 spiro atoms. The largest absolute Gasteiger partial charge is 0.493 e. The summed E-state index contributed by atoms with van der Waals surface area (Å²) in [6.45, 7) is -0.519. The van der Waals surface area contributed by atoms with Crippen LogP contribution < -0.4 is 9.47 Å². The smallest absolute Gasteiger partial charge is 0.419 e. The molecule has 1 aliphatic rings. The number of hydrogen-bond donors (Lipinski definition) is 0. The van der Waals surface area contributed by atoms with Crippen molar-refractivity contribution in [1.29, 1.82) is 0 Å². The number of dihydropyridines is 1. The van der Waals surface area contributed by atoms with Crippen LogP contribution in [0.2, 0.25) is 0 Å². The van der Waals surface area contributed by atoms with Crippen molar-refractivity contribution in [3.8, 4) is 11.5 Å². The van der Waals surface area contributed by atoms with E-state index < -0.39 is 24.1 Å². The number of benzene rings is 1. The Morgan fingerprint density at radius 2 is 1.81 bits per heavy atom. The van der Waals surface area contributed by atoms with E-state index >= 15 is 0 Å². The molecule has 1 aliphatic heterocycles. The zero-order chi connectivity index (χ0) is 15.6. The van der Waals surface area contributed by atoms with E-state index in [9.17, 15) is 18.0 Å². The van der Waals surface area contributed by atoms with Gasteiger partial charge >= 0.3 is 6.18 Å². The summed E-state index contributed by atoms with van der Waals surface area (Å²) in [4.78, 5) is 15.2. The van der Waals surface area contributed by atoms with Gasteiger partial charge in [0.2, 0.25) is 0 Å². The number of methoxy groups -OCH3 is 2. The van der Waals surface area contributed by atoms with Crippen LogP contribution in [0.3, 0.4) is 0 Å². The lowest BCUT2D eigenvalue weighted by molar-refractivity contribution is -0.127.